The first-order valence-corrected chi connectivity index (χ1v) is 14.7. The molecule has 0 radical (unpaired) electrons. The number of hydrogen-bond acceptors (Lipinski definition) is 6. The topological polar surface area (TPSA) is 120 Å². The van der Waals surface area contributed by atoms with Crippen molar-refractivity contribution in [3.63, 3.8) is 0 Å². The van der Waals surface area contributed by atoms with E-state index in [-0.39, 0.29) is 22.6 Å². The Morgan fingerprint density at radius 3 is 2.20 bits per heavy atom. The molecular formula is C30H45F4N5O2. The molecule has 2 heterocycles. The molecule has 11 heteroatoms. The number of amides is 1. The van der Waals surface area contributed by atoms with Gasteiger partial charge in [-0.05, 0) is 67.7 Å². The van der Waals surface area contributed by atoms with Gasteiger partial charge < -0.3 is 32.2 Å². The van der Waals surface area contributed by atoms with Gasteiger partial charge in [-0.15, -0.1) is 0 Å². The standard InChI is InChI=1S/C15H16F4N4O.C13H23NO.C2H6/c16-10-4-7(14(24)23-8-5-15(18,19)6-8)3-9(13(10)17)11(20)1-2-12(21)22;1-2-12-9-14(10-13(12)3-1)8-11-4-6-15-7-5-11;1-2/h1-4,8H,5-6,20-22H2,(H,23,24);11-13H,1-10H2;1-2H3/b11-1-;;. The first-order valence-electron chi connectivity index (χ1n) is 14.7. The van der Waals surface area contributed by atoms with E-state index in [1.54, 1.807) is 0 Å². The van der Waals surface area contributed by atoms with Crippen LogP contribution in [0, 0.1) is 29.4 Å². The second-order valence-corrected chi connectivity index (χ2v) is 11.3. The third-order valence-electron chi connectivity index (χ3n) is 8.14. The van der Waals surface area contributed by atoms with Crippen LogP contribution < -0.4 is 22.5 Å². The Labute approximate surface area is 240 Å². The number of allylic oxidation sites excluding steroid dienone is 2. The van der Waals surface area contributed by atoms with Crippen LogP contribution in [0.15, 0.2) is 30.1 Å². The van der Waals surface area contributed by atoms with Crippen LogP contribution >= 0.6 is 0 Å². The van der Waals surface area contributed by atoms with Crippen molar-refractivity contribution >= 4 is 11.6 Å². The number of carbonyl (C=O) groups is 1. The summed E-state index contributed by atoms with van der Waals surface area (Å²) in [5.41, 5.74) is 15.2. The number of likely N-dealkylation sites (tertiary alicyclic amines) is 1. The number of ether oxygens (including phenoxy) is 1. The summed E-state index contributed by atoms with van der Waals surface area (Å²) < 4.78 is 58.5. The molecule has 7 nitrogen and oxygen atoms in total. The summed E-state index contributed by atoms with van der Waals surface area (Å²) >= 11 is 0. The Morgan fingerprint density at radius 1 is 1.02 bits per heavy atom. The molecule has 4 fully saturated rings. The van der Waals surface area contributed by atoms with E-state index in [2.05, 4.69) is 10.2 Å². The zero-order valence-electron chi connectivity index (χ0n) is 24.1. The Bertz CT molecular complexity index is 1070. The third kappa shape index (κ3) is 9.36. The number of alkyl halides is 2. The second kappa shape index (κ2) is 14.9. The predicted molar refractivity (Wildman–Crippen MR) is 153 cm³/mol. The molecule has 2 saturated heterocycles. The third-order valence-corrected chi connectivity index (χ3v) is 8.14. The van der Waals surface area contributed by atoms with Crippen LogP contribution in [0.5, 0.6) is 0 Å². The Kier molecular flexibility index (Phi) is 11.9. The fraction of sp³-hybridized carbons (Fsp3) is 0.633. The van der Waals surface area contributed by atoms with Crippen LogP contribution in [0.25, 0.3) is 5.70 Å². The van der Waals surface area contributed by atoms with Crippen LogP contribution in [0.1, 0.15) is 74.7 Å². The van der Waals surface area contributed by atoms with E-state index in [0.717, 1.165) is 43.1 Å². The minimum atomic E-state index is -2.81. The first kappa shape index (κ1) is 32.7. The molecule has 2 saturated carbocycles. The molecule has 0 spiro atoms. The minimum absolute atomic E-state index is 0.0985. The molecule has 1 aromatic rings. The van der Waals surface area contributed by atoms with Crippen molar-refractivity contribution in [1.82, 2.24) is 10.2 Å². The van der Waals surface area contributed by atoms with E-state index in [9.17, 15) is 22.4 Å². The van der Waals surface area contributed by atoms with Gasteiger partial charge in [0.25, 0.3) is 11.8 Å². The van der Waals surface area contributed by atoms with Crippen LogP contribution in [-0.4, -0.2) is 55.6 Å². The van der Waals surface area contributed by atoms with Crippen molar-refractivity contribution in [3.8, 4) is 0 Å². The van der Waals surface area contributed by atoms with E-state index in [1.165, 1.54) is 57.8 Å². The maximum atomic E-state index is 13.9. The fourth-order valence-electron chi connectivity index (χ4n) is 6.01. The van der Waals surface area contributed by atoms with Crippen molar-refractivity contribution in [2.45, 2.75) is 70.8 Å². The van der Waals surface area contributed by atoms with Crippen LogP contribution in [0.2, 0.25) is 0 Å². The van der Waals surface area contributed by atoms with Gasteiger partial charge in [0.05, 0.1) is 5.82 Å². The van der Waals surface area contributed by atoms with Gasteiger partial charge in [-0.25, -0.2) is 17.6 Å². The average Bonchev–Trinajstić information content (AvgIpc) is 3.52. The molecule has 1 amide bonds. The summed E-state index contributed by atoms with van der Waals surface area (Å²) in [5.74, 6) is -3.20. The summed E-state index contributed by atoms with van der Waals surface area (Å²) in [6.07, 6.45) is 8.47. The van der Waals surface area contributed by atoms with Crippen molar-refractivity contribution in [2.24, 2.45) is 35.0 Å². The number of hydrogen-bond donors (Lipinski definition) is 4. The van der Waals surface area contributed by atoms with Crippen LogP contribution in [0.4, 0.5) is 17.6 Å². The number of fused-ring (bicyclic) bond motifs is 1. The van der Waals surface area contributed by atoms with Gasteiger partial charge in [-0.3, -0.25) is 4.79 Å². The molecule has 0 bridgehead atoms. The van der Waals surface area contributed by atoms with E-state index in [0.29, 0.717) is 6.07 Å². The molecule has 41 heavy (non-hydrogen) atoms. The second-order valence-electron chi connectivity index (χ2n) is 11.3. The number of nitrogens with zero attached hydrogens (tertiary/aromatic N) is 1. The Balaban J connectivity index is 0.000000231. The lowest BCUT2D eigenvalue weighted by atomic mass is 9.88. The minimum Gasteiger partial charge on any atom is -0.398 e. The summed E-state index contributed by atoms with van der Waals surface area (Å²) in [4.78, 5) is 14.7. The van der Waals surface area contributed by atoms with Gasteiger partial charge in [0.1, 0.15) is 0 Å². The van der Waals surface area contributed by atoms with Crippen molar-refractivity contribution in [3.05, 3.63) is 52.9 Å². The zero-order chi connectivity index (χ0) is 30.2. The predicted octanol–water partition coefficient (Wildman–Crippen LogP) is 4.72. The average molecular weight is 584 g/mol. The van der Waals surface area contributed by atoms with E-state index in [1.807, 2.05) is 13.8 Å². The quantitative estimate of drug-likeness (QED) is 0.284. The highest BCUT2D eigenvalue weighted by Gasteiger charge is 2.46. The largest absolute Gasteiger partial charge is 0.398 e. The Hall–Kier alpha value is -2.79. The van der Waals surface area contributed by atoms with E-state index in [4.69, 9.17) is 21.9 Å². The molecule has 230 valence electrons. The first-order chi connectivity index (χ1) is 19.5. The molecule has 2 unspecified atom stereocenters. The number of benzene rings is 1. The normalized spacial score (nSPS) is 24.2. The molecule has 4 aliphatic rings. The number of carbonyl (C=O) groups excluding carboxylic acids is 1. The lowest BCUT2D eigenvalue weighted by Crippen LogP contribution is -2.50. The van der Waals surface area contributed by atoms with E-state index < -0.39 is 42.3 Å². The fourth-order valence-corrected chi connectivity index (χ4v) is 6.01. The highest BCUT2D eigenvalue weighted by molar-refractivity contribution is 5.95. The number of halogens is 4. The van der Waals surface area contributed by atoms with Crippen molar-refractivity contribution in [1.29, 1.82) is 0 Å². The monoisotopic (exact) mass is 583 g/mol. The lowest BCUT2D eigenvalue weighted by molar-refractivity contribution is -0.0901. The van der Waals surface area contributed by atoms with E-state index >= 15 is 0 Å². The van der Waals surface area contributed by atoms with Crippen molar-refractivity contribution < 1.29 is 27.1 Å². The van der Waals surface area contributed by atoms with Gasteiger partial charge in [-0.1, -0.05) is 20.3 Å². The number of rotatable bonds is 6. The molecule has 5 rings (SSSR count). The summed E-state index contributed by atoms with van der Waals surface area (Å²) in [5, 5.41) is 2.33. The van der Waals surface area contributed by atoms with Gasteiger partial charge in [0, 0.05) is 68.6 Å². The zero-order valence-corrected chi connectivity index (χ0v) is 24.1. The SMILES string of the molecule is C1CC2CN(CC3CCOCC3)CC2C1.CC.NC(N)=C/C=C(\N)c1cc(C(=O)NC2CC(F)(F)C2)cc(F)c1F. The highest BCUT2D eigenvalue weighted by Crippen LogP contribution is 2.38. The molecule has 0 aromatic heterocycles. The summed E-state index contributed by atoms with van der Waals surface area (Å²) in [7, 11) is 0. The maximum absolute atomic E-state index is 13.9. The molecule has 1 aromatic carbocycles. The summed E-state index contributed by atoms with van der Waals surface area (Å²) in [6, 6.07) is 0.986. The maximum Gasteiger partial charge on any atom is 0.252 e. The number of nitrogens with two attached hydrogens (primary N) is 3. The molecule has 7 N–H and O–H groups in total. The smallest absolute Gasteiger partial charge is 0.252 e. The van der Waals surface area contributed by atoms with Gasteiger partial charge in [0.15, 0.2) is 11.6 Å². The van der Waals surface area contributed by atoms with Gasteiger partial charge in [0.2, 0.25) is 0 Å². The summed E-state index contributed by atoms with van der Waals surface area (Å²) in [6.45, 7) is 10.2. The number of nitrogens with one attached hydrogen (secondary N) is 1. The highest BCUT2D eigenvalue weighted by atomic mass is 19.3. The van der Waals surface area contributed by atoms with Crippen LogP contribution in [-0.2, 0) is 4.74 Å². The Morgan fingerprint density at radius 2 is 1.63 bits per heavy atom. The van der Waals surface area contributed by atoms with Crippen LogP contribution in [0.3, 0.4) is 0 Å². The lowest BCUT2D eigenvalue weighted by Gasteiger charge is -2.35. The van der Waals surface area contributed by atoms with Gasteiger partial charge in [-0.2, -0.15) is 0 Å². The molecule has 2 atom stereocenters. The molecule has 2 aliphatic heterocycles. The molecule has 2 aliphatic carbocycles. The van der Waals surface area contributed by atoms with Crippen molar-refractivity contribution in [2.75, 3.05) is 32.8 Å². The van der Waals surface area contributed by atoms with Gasteiger partial charge >= 0.3 is 0 Å². The molecular weight excluding hydrogens is 538 g/mol.